The molecule has 1 aliphatic rings. The van der Waals surface area contributed by atoms with E-state index in [0.29, 0.717) is 12.4 Å². The molecule has 1 atom stereocenters. The van der Waals surface area contributed by atoms with Crippen LogP contribution in [0.15, 0.2) is 12.1 Å². The van der Waals surface area contributed by atoms with Crippen molar-refractivity contribution in [3.8, 4) is 17.2 Å². The average molecular weight is 505 g/mol. The fraction of sp³-hybridized carbons (Fsp3) is 0.435. The van der Waals surface area contributed by atoms with Gasteiger partial charge in [0.1, 0.15) is 6.61 Å². The van der Waals surface area contributed by atoms with Crippen molar-refractivity contribution < 1.29 is 45.4 Å². The highest BCUT2D eigenvalue weighted by atomic mass is 28.4. The summed E-state index contributed by atoms with van der Waals surface area (Å²) in [5.41, 5.74) is 0.0254. The topological polar surface area (TPSA) is 54.0 Å². The van der Waals surface area contributed by atoms with Crippen LogP contribution in [0, 0.1) is 36.0 Å². The van der Waals surface area contributed by atoms with E-state index in [1.807, 2.05) is 0 Å². The standard InChI is InChI=1S/C23H25F5O5Si/c1-11-13(22(29)33-21-18(27)16(25)15(24)17(26)19(21)28)7-8-14-20(11)30-9-12(32-14)10-31-34(5,6)23(2,3)4/h7-8,12H,9-10H2,1-6H3/t12-/m0/s1. The van der Waals surface area contributed by atoms with Gasteiger partial charge in [-0.1, -0.05) is 20.8 Å². The van der Waals surface area contributed by atoms with Gasteiger partial charge in [0.05, 0.1) is 12.2 Å². The Morgan fingerprint density at radius 3 is 2.15 bits per heavy atom. The van der Waals surface area contributed by atoms with Crippen LogP contribution in [0.4, 0.5) is 22.0 Å². The molecule has 11 heteroatoms. The monoisotopic (exact) mass is 504 g/mol. The average Bonchev–Trinajstić information content (AvgIpc) is 2.77. The summed E-state index contributed by atoms with van der Waals surface area (Å²) < 4.78 is 90.1. The third-order valence-electron chi connectivity index (χ3n) is 6.10. The third-order valence-corrected chi connectivity index (χ3v) is 10.6. The van der Waals surface area contributed by atoms with Crippen LogP contribution in [-0.4, -0.2) is 33.6 Å². The van der Waals surface area contributed by atoms with E-state index >= 15 is 0 Å². The molecule has 5 nitrogen and oxygen atoms in total. The number of carbonyl (C=O) groups excluding carboxylic acids is 1. The van der Waals surface area contributed by atoms with Crippen molar-refractivity contribution in [2.24, 2.45) is 0 Å². The maximum absolute atomic E-state index is 13.9. The Morgan fingerprint density at radius 2 is 1.59 bits per heavy atom. The van der Waals surface area contributed by atoms with Gasteiger partial charge in [-0.15, -0.1) is 0 Å². The van der Waals surface area contributed by atoms with Crippen LogP contribution >= 0.6 is 0 Å². The van der Waals surface area contributed by atoms with Gasteiger partial charge in [-0.3, -0.25) is 0 Å². The van der Waals surface area contributed by atoms with E-state index in [1.54, 1.807) is 0 Å². The molecule has 0 unspecified atom stereocenters. The van der Waals surface area contributed by atoms with Crippen molar-refractivity contribution in [1.29, 1.82) is 0 Å². The first-order valence-electron chi connectivity index (χ1n) is 10.5. The van der Waals surface area contributed by atoms with Gasteiger partial charge in [0.2, 0.25) is 34.8 Å². The normalized spacial score (nSPS) is 15.9. The molecule has 0 radical (unpaired) electrons. The zero-order chi connectivity index (χ0) is 25.6. The Kier molecular flexibility index (Phi) is 7.01. The molecule has 0 aliphatic carbocycles. The van der Waals surface area contributed by atoms with E-state index in [0.717, 1.165) is 0 Å². The highest BCUT2D eigenvalue weighted by molar-refractivity contribution is 6.74. The van der Waals surface area contributed by atoms with E-state index in [1.165, 1.54) is 19.1 Å². The molecule has 2 aromatic rings. The lowest BCUT2D eigenvalue weighted by Gasteiger charge is -2.38. The lowest BCUT2D eigenvalue weighted by atomic mass is 10.1. The van der Waals surface area contributed by atoms with Crippen molar-refractivity contribution in [3.63, 3.8) is 0 Å². The van der Waals surface area contributed by atoms with E-state index < -0.39 is 55.2 Å². The van der Waals surface area contributed by atoms with Gasteiger partial charge in [0.15, 0.2) is 25.9 Å². The molecular formula is C23H25F5O5Si. The zero-order valence-electron chi connectivity index (χ0n) is 19.6. The Bertz CT molecular complexity index is 1100. The fourth-order valence-corrected chi connectivity index (χ4v) is 4.01. The Labute approximate surface area is 194 Å². The summed E-state index contributed by atoms with van der Waals surface area (Å²) in [6, 6.07) is 2.65. The summed E-state index contributed by atoms with van der Waals surface area (Å²) in [6.45, 7) is 12.5. The predicted molar refractivity (Wildman–Crippen MR) is 115 cm³/mol. The molecule has 0 saturated carbocycles. The molecule has 34 heavy (non-hydrogen) atoms. The number of rotatable bonds is 5. The molecule has 3 rings (SSSR count). The summed E-state index contributed by atoms with van der Waals surface area (Å²) in [7, 11) is -2.01. The molecule has 0 aromatic heterocycles. The maximum Gasteiger partial charge on any atom is 0.344 e. The molecule has 0 bridgehead atoms. The summed E-state index contributed by atoms with van der Waals surface area (Å²) in [5.74, 6) is -13.8. The minimum absolute atomic E-state index is 0.0155. The van der Waals surface area contributed by atoms with Gasteiger partial charge >= 0.3 is 5.97 Å². The SMILES string of the molecule is Cc1c(C(=O)Oc2c(F)c(F)c(F)c(F)c2F)ccc2c1OC[C@@H](CO[Si](C)(C)C(C)(C)C)O2. The van der Waals surface area contributed by atoms with Crippen molar-refractivity contribution in [2.75, 3.05) is 13.2 Å². The number of ether oxygens (including phenoxy) is 3. The predicted octanol–water partition coefficient (Wildman–Crippen LogP) is 6.07. The first-order chi connectivity index (χ1) is 15.7. The van der Waals surface area contributed by atoms with E-state index in [2.05, 4.69) is 38.6 Å². The second-order valence-electron chi connectivity index (χ2n) is 9.48. The smallest absolute Gasteiger partial charge is 0.344 e. The minimum Gasteiger partial charge on any atom is -0.485 e. The number of hydrogen-bond acceptors (Lipinski definition) is 5. The second-order valence-corrected chi connectivity index (χ2v) is 14.3. The molecule has 0 amide bonds. The van der Waals surface area contributed by atoms with Gasteiger partial charge in [-0.2, -0.15) is 8.78 Å². The summed E-state index contributed by atoms with van der Waals surface area (Å²) in [4.78, 5) is 12.5. The molecule has 1 heterocycles. The van der Waals surface area contributed by atoms with Crippen molar-refractivity contribution >= 4 is 14.3 Å². The van der Waals surface area contributed by atoms with Crippen LogP contribution in [0.5, 0.6) is 17.2 Å². The molecule has 0 saturated heterocycles. The first kappa shape index (κ1) is 26.0. The van der Waals surface area contributed by atoms with Crippen LogP contribution in [0.1, 0.15) is 36.7 Å². The zero-order valence-corrected chi connectivity index (χ0v) is 20.6. The van der Waals surface area contributed by atoms with Crippen LogP contribution in [0.25, 0.3) is 0 Å². The van der Waals surface area contributed by atoms with Crippen molar-refractivity contribution in [1.82, 2.24) is 0 Å². The Hall–Kier alpha value is -2.66. The van der Waals surface area contributed by atoms with Crippen LogP contribution < -0.4 is 14.2 Å². The molecular weight excluding hydrogens is 479 g/mol. The highest BCUT2D eigenvalue weighted by Crippen LogP contribution is 2.39. The fourth-order valence-electron chi connectivity index (χ4n) is 2.97. The quantitative estimate of drug-likeness (QED) is 0.124. The van der Waals surface area contributed by atoms with Gasteiger partial charge in [0.25, 0.3) is 0 Å². The third kappa shape index (κ3) is 4.76. The van der Waals surface area contributed by atoms with E-state index in [-0.39, 0.29) is 28.5 Å². The Balaban J connectivity index is 1.78. The van der Waals surface area contributed by atoms with E-state index in [9.17, 15) is 26.7 Å². The summed E-state index contributed by atoms with van der Waals surface area (Å²) in [6.07, 6.45) is -0.396. The summed E-state index contributed by atoms with van der Waals surface area (Å²) >= 11 is 0. The molecule has 0 fully saturated rings. The first-order valence-corrected chi connectivity index (χ1v) is 13.4. The number of carbonyl (C=O) groups is 1. The van der Waals surface area contributed by atoms with Gasteiger partial charge < -0.3 is 18.6 Å². The van der Waals surface area contributed by atoms with Gasteiger partial charge in [-0.05, 0) is 37.2 Å². The lowest BCUT2D eigenvalue weighted by Crippen LogP contribution is -2.45. The number of fused-ring (bicyclic) bond motifs is 1. The number of halogens is 5. The van der Waals surface area contributed by atoms with Gasteiger partial charge in [-0.25, -0.2) is 18.0 Å². The molecule has 0 spiro atoms. The Morgan fingerprint density at radius 1 is 1.03 bits per heavy atom. The van der Waals surface area contributed by atoms with Crippen LogP contribution in [0.3, 0.4) is 0 Å². The maximum atomic E-state index is 13.9. The van der Waals surface area contributed by atoms with Crippen LogP contribution in [0.2, 0.25) is 18.1 Å². The molecule has 2 aromatic carbocycles. The number of benzene rings is 2. The minimum atomic E-state index is -2.35. The van der Waals surface area contributed by atoms with Crippen molar-refractivity contribution in [2.45, 2.75) is 51.9 Å². The largest absolute Gasteiger partial charge is 0.485 e. The highest BCUT2D eigenvalue weighted by Gasteiger charge is 2.38. The number of hydrogen-bond donors (Lipinski definition) is 0. The second kappa shape index (κ2) is 9.18. The van der Waals surface area contributed by atoms with Crippen molar-refractivity contribution in [3.05, 3.63) is 52.3 Å². The van der Waals surface area contributed by atoms with Crippen LogP contribution in [-0.2, 0) is 4.43 Å². The van der Waals surface area contributed by atoms with Gasteiger partial charge in [0, 0.05) is 5.56 Å². The van der Waals surface area contributed by atoms with E-state index in [4.69, 9.17) is 13.9 Å². The molecule has 0 N–H and O–H groups in total. The molecule has 1 aliphatic heterocycles. The summed E-state index contributed by atoms with van der Waals surface area (Å²) in [5, 5.41) is 0.0155. The number of esters is 1. The molecule has 186 valence electrons. The lowest BCUT2D eigenvalue weighted by molar-refractivity contribution is 0.0483.